The maximum Gasteiger partial charge on any atom is 0.227 e. The normalized spacial score (nSPS) is 15.1. The average Bonchev–Trinajstić information content (AvgIpc) is 2.17. The molecule has 0 aromatic rings. The molecule has 0 aromatic heterocycles. The van der Waals surface area contributed by atoms with E-state index in [4.69, 9.17) is 10.5 Å². The van der Waals surface area contributed by atoms with Gasteiger partial charge in [0.1, 0.15) is 0 Å². The molecule has 0 saturated carbocycles. The highest BCUT2D eigenvalue weighted by Crippen LogP contribution is 2.18. The van der Waals surface area contributed by atoms with Crippen LogP contribution in [0.25, 0.3) is 0 Å². The number of rotatable bonds is 6. The fourth-order valence-corrected chi connectivity index (χ4v) is 0.878. The van der Waals surface area contributed by atoms with Crippen LogP contribution in [0.15, 0.2) is 0 Å². The van der Waals surface area contributed by atoms with Crippen LogP contribution in [0.4, 0.5) is 0 Å². The zero-order valence-electron chi connectivity index (χ0n) is 8.72. The molecular weight excluding hydrogens is 168 g/mol. The predicted molar refractivity (Wildman–Crippen MR) is 52.3 cm³/mol. The first-order chi connectivity index (χ1) is 6.10. The highest BCUT2D eigenvalue weighted by molar-refractivity contribution is 5.82. The Morgan fingerprint density at radius 1 is 1.62 bits per heavy atom. The smallest absolute Gasteiger partial charge is 0.227 e. The van der Waals surface area contributed by atoms with Gasteiger partial charge in [-0.25, -0.2) is 0 Å². The van der Waals surface area contributed by atoms with Gasteiger partial charge in [0.2, 0.25) is 5.91 Å². The third kappa shape index (κ3) is 3.74. The Morgan fingerprint density at radius 2 is 2.23 bits per heavy atom. The van der Waals surface area contributed by atoms with Crippen molar-refractivity contribution in [1.29, 1.82) is 0 Å². The number of nitrogens with two attached hydrogens (primary N) is 1. The molecular formula is C9H20N2O2. The molecule has 4 heteroatoms. The molecule has 1 unspecified atom stereocenters. The van der Waals surface area contributed by atoms with Crippen molar-refractivity contribution in [3.05, 3.63) is 0 Å². The lowest BCUT2D eigenvalue weighted by Crippen LogP contribution is -2.44. The van der Waals surface area contributed by atoms with Gasteiger partial charge in [0.15, 0.2) is 0 Å². The van der Waals surface area contributed by atoms with Crippen LogP contribution in [0, 0.1) is 5.41 Å². The number of methoxy groups -OCH3 is 1. The van der Waals surface area contributed by atoms with Crippen molar-refractivity contribution in [1.82, 2.24) is 5.32 Å². The Morgan fingerprint density at radius 3 is 2.62 bits per heavy atom. The molecule has 0 rings (SSSR count). The Labute approximate surface area is 79.8 Å². The summed E-state index contributed by atoms with van der Waals surface area (Å²) in [6, 6.07) is 0. The molecule has 4 nitrogen and oxygen atoms in total. The fourth-order valence-electron chi connectivity index (χ4n) is 0.878. The topological polar surface area (TPSA) is 64.4 Å². The highest BCUT2D eigenvalue weighted by atomic mass is 16.5. The van der Waals surface area contributed by atoms with Crippen LogP contribution in [0.5, 0.6) is 0 Å². The first-order valence-electron chi connectivity index (χ1n) is 4.58. The van der Waals surface area contributed by atoms with Gasteiger partial charge in [-0.15, -0.1) is 0 Å². The van der Waals surface area contributed by atoms with Crippen LogP contribution in [-0.2, 0) is 9.53 Å². The summed E-state index contributed by atoms with van der Waals surface area (Å²) in [5.74, 6) is 0.00884. The summed E-state index contributed by atoms with van der Waals surface area (Å²) in [5.41, 5.74) is 5.09. The third-order valence-electron chi connectivity index (χ3n) is 2.37. The van der Waals surface area contributed by atoms with Gasteiger partial charge in [-0.3, -0.25) is 4.79 Å². The molecule has 1 atom stereocenters. The van der Waals surface area contributed by atoms with Crippen LogP contribution in [0.3, 0.4) is 0 Å². The van der Waals surface area contributed by atoms with Gasteiger partial charge in [0, 0.05) is 20.2 Å². The van der Waals surface area contributed by atoms with Gasteiger partial charge >= 0.3 is 0 Å². The lowest BCUT2D eigenvalue weighted by Gasteiger charge is -2.24. The van der Waals surface area contributed by atoms with Crippen molar-refractivity contribution in [2.24, 2.45) is 11.1 Å². The Kier molecular flexibility index (Phi) is 5.66. The molecule has 0 spiro atoms. The predicted octanol–water partition coefficient (Wildman–Crippen LogP) is 0.124. The first kappa shape index (κ1) is 12.4. The Balaban J connectivity index is 3.92. The van der Waals surface area contributed by atoms with Crippen molar-refractivity contribution in [3.8, 4) is 0 Å². The lowest BCUT2D eigenvalue weighted by atomic mass is 9.87. The molecule has 0 heterocycles. The second kappa shape index (κ2) is 5.94. The monoisotopic (exact) mass is 188 g/mol. The number of ether oxygens (including phenoxy) is 1. The summed E-state index contributed by atoms with van der Waals surface area (Å²) in [4.78, 5) is 11.6. The molecule has 0 aliphatic heterocycles. The molecule has 0 aromatic carbocycles. The largest absolute Gasteiger partial charge is 0.383 e. The molecule has 78 valence electrons. The van der Waals surface area contributed by atoms with Gasteiger partial charge in [0.05, 0.1) is 12.0 Å². The van der Waals surface area contributed by atoms with E-state index in [2.05, 4.69) is 5.32 Å². The van der Waals surface area contributed by atoms with Crippen LogP contribution in [0.2, 0.25) is 0 Å². The maximum absolute atomic E-state index is 11.6. The molecule has 0 bridgehead atoms. The van der Waals surface area contributed by atoms with Crippen LogP contribution in [-0.4, -0.2) is 32.7 Å². The Hall–Kier alpha value is -0.610. The molecule has 1 amide bonds. The molecule has 0 aliphatic carbocycles. The van der Waals surface area contributed by atoms with Crippen molar-refractivity contribution in [2.75, 3.05) is 26.8 Å². The molecule has 0 fully saturated rings. The van der Waals surface area contributed by atoms with E-state index in [1.807, 2.05) is 13.8 Å². The lowest BCUT2D eigenvalue weighted by molar-refractivity contribution is -0.130. The van der Waals surface area contributed by atoms with Crippen LogP contribution in [0.1, 0.15) is 20.3 Å². The van der Waals surface area contributed by atoms with Crippen molar-refractivity contribution < 1.29 is 9.53 Å². The average molecular weight is 188 g/mol. The number of hydrogen-bond acceptors (Lipinski definition) is 3. The summed E-state index contributed by atoms with van der Waals surface area (Å²) < 4.78 is 4.83. The van der Waals surface area contributed by atoms with E-state index in [1.54, 1.807) is 7.11 Å². The summed E-state index contributed by atoms with van der Waals surface area (Å²) >= 11 is 0. The van der Waals surface area contributed by atoms with E-state index in [0.717, 1.165) is 6.42 Å². The van der Waals surface area contributed by atoms with E-state index in [1.165, 1.54) is 0 Å². The first-order valence-corrected chi connectivity index (χ1v) is 4.58. The quantitative estimate of drug-likeness (QED) is 0.582. The number of carbonyl (C=O) groups is 1. The van der Waals surface area contributed by atoms with E-state index < -0.39 is 5.41 Å². The second-order valence-electron chi connectivity index (χ2n) is 3.37. The highest BCUT2D eigenvalue weighted by Gasteiger charge is 2.28. The molecule has 3 N–H and O–H groups in total. The van der Waals surface area contributed by atoms with Gasteiger partial charge < -0.3 is 15.8 Å². The summed E-state index contributed by atoms with van der Waals surface area (Å²) in [7, 11) is 1.61. The standard InChI is InChI=1S/C9H20N2O2/c1-4-9(2,7-10)8(12)11-5-6-13-3/h4-7,10H2,1-3H3,(H,11,12). The minimum atomic E-state index is -0.437. The van der Waals surface area contributed by atoms with E-state index in [-0.39, 0.29) is 5.91 Å². The molecule has 13 heavy (non-hydrogen) atoms. The van der Waals surface area contributed by atoms with Gasteiger partial charge in [-0.1, -0.05) is 6.92 Å². The van der Waals surface area contributed by atoms with Gasteiger partial charge in [0.25, 0.3) is 0 Å². The van der Waals surface area contributed by atoms with E-state index in [0.29, 0.717) is 19.7 Å². The number of hydrogen-bond donors (Lipinski definition) is 2. The molecule has 0 saturated heterocycles. The van der Waals surface area contributed by atoms with Crippen molar-refractivity contribution in [2.45, 2.75) is 20.3 Å². The fraction of sp³-hybridized carbons (Fsp3) is 0.889. The molecule has 0 radical (unpaired) electrons. The van der Waals surface area contributed by atoms with Crippen molar-refractivity contribution >= 4 is 5.91 Å². The number of carbonyl (C=O) groups excluding carboxylic acids is 1. The summed E-state index contributed by atoms with van der Waals surface area (Å²) in [5, 5.41) is 2.78. The van der Waals surface area contributed by atoms with Crippen LogP contribution < -0.4 is 11.1 Å². The molecule has 0 aliphatic rings. The van der Waals surface area contributed by atoms with E-state index in [9.17, 15) is 4.79 Å². The zero-order valence-corrected chi connectivity index (χ0v) is 8.72. The summed E-state index contributed by atoms with van der Waals surface area (Å²) in [6.07, 6.45) is 0.752. The van der Waals surface area contributed by atoms with Gasteiger partial charge in [-0.2, -0.15) is 0 Å². The second-order valence-corrected chi connectivity index (χ2v) is 3.37. The minimum absolute atomic E-state index is 0.00884. The summed E-state index contributed by atoms with van der Waals surface area (Å²) in [6.45, 7) is 5.29. The number of amides is 1. The minimum Gasteiger partial charge on any atom is -0.383 e. The Bertz CT molecular complexity index is 156. The maximum atomic E-state index is 11.6. The van der Waals surface area contributed by atoms with E-state index >= 15 is 0 Å². The number of nitrogens with one attached hydrogen (secondary N) is 1. The van der Waals surface area contributed by atoms with Crippen LogP contribution >= 0.6 is 0 Å². The van der Waals surface area contributed by atoms with Gasteiger partial charge in [-0.05, 0) is 13.3 Å². The zero-order chi connectivity index (χ0) is 10.3. The van der Waals surface area contributed by atoms with Crippen molar-refractivity contribution in [3.63, 3.8) is 0 Å². The third-order valence-corrected chi connectivity index (χ3v) is 2.37. The SMILES string of the molecule is CCC(C)(CN)C(=O)NCCOC.